The highest BCUT2D eigenvalue weighted by Gasteiger charge is 2.27. The molecule has 1 unspecified atom stereocenters. The van der Waals surface area contributed by atoms with E-state index < -0.39 is 10.0 Å². The first-order chi connectivity index (χ1) is 9.45. The molecule has 1 aromatic carbocycles. The summed E-state index contributed by atoms with van der Waals surface area (Å²) in [4.78, 5) is 0.284. The fraction of sp³-hybridized carbons (Fsp3) is 0.571. The molecule has 1 aliphatic heterocycles. The van der Waals surface area contributed by atoms with E-state index in [0.717, 1.165) is 19.3 Å². The summed E-state index contributed by atoms with van der Waals surface area (Å²) >= 11 is 11.8. The molecular formula is C14H19Cl2NO2S. The van der Waals surface area contributed by atoms with Gasteiger partial charge in [-0.05, 0) is 48.9 Å². The molecule has 1 atom stereocenters. The number of nitrogens with zero attached hydrogens (tertiary/aromatic N) is 1. The van der Waals surface area contributed by atoms with Crippen LogP contribution in [0.3, 0.4) is 0 Å². The Labute approximate surface area is 130 Å². The highest BCUT2D eigenvalue weighted by Crippen LogP contribution is 2.26. The average Bonchev–Trinajstić information content (AvgIpc) is 2.64. The fourth-order valence-corrected chi connectivity index (χ4v) is 4.46. The zero-order valence-electron chi connectivity index (χ0n) is 11.5. The van der Waals surface area contributed by atoms with Crippen molar-refractivity contribution in [2.45, 2.75) is 37.0 Å². The van der Waals surface area contributed by atoms with Gasteiger partial charge in [-0.3, -0.25) is 0 Å². The molecule has 1 aliphatic rings. The minimum atomic E-state index is -3.44. The lowest BCUT2D eigenvalue weighted by Gasteiger charge is -2.20. The van der Waals surface area contributed by atoms with E-state index in [-0.39, 0.29) is 10.8 Å². The van der Waals surface area contributed by atoms with Crippen LogP contribution in [-0.4, -0.2) is 25.8 Å². The molecule has 0 bridgehead atoms. The van der Waals surface area contributed by atoms with Crippen molar-refractivity contribution in [3.8, 4) is 0 Å². The third-order valence-electron chi connectivity index (χ3n) is 3.77. The second-order valence-electron chi connectivity index (χ2n) is 5.33. The molecule has 2 rings (SSSR count). The summed E-state index contributed by atoms with van der Waals surface area (Å²) in [5.41, 5.74) is 0.651. The van der Waals surface area contributed by atoms with E-state index in [0.29, 0.717) is 29.6 Å². The molecule has 0 saturated carbocycles. The van der Waals surface area contributed by atoms with E-state index in [2.05, 4.69) is 6.92 Å². The summed E-state index contributed by atoms with van der Waals surface area (Å²) in [6, 6.07) is 4.74. The van der Waals surface area contributed by atoms with Crippen molar-refractivity contribution < 1.29 is 8.42 Å². The number of halogens is 2. The van der Waals surface area contributed by atoms with Gasteiger partial charge in [0.2, 0.25) is 10.0 Å². The second-order valence-corrected chi connectivity index (χ2v) is 7.94. The first-order valence-electron chi connectivity index (χ1n) is 6.79. The lowest BCUT2D eigenvalue weighted by Crippen LogP contribution is -2.32. The fourth-order valence-electron chi connectivity index (χ4n) is 2.44. The summed E-state index contributed by atoms with van der Waals surface area (Å²) in [7, 11) is -3.44. The highest BCUT2D eigenvalue weighted by molar-refractivity contribution is 7.89. The predicted octanol–water partition coefficient (Wildman–Crippen LogP) is 3.89. The summed E-state index contributed by atoms with van der Waals surface area (Å²) in [5.74, 6) is 0.790. The molecule has 20 heavy (non-hydrogen) atoms. The molecule has 0 radical (unpaired) electrons. The Bertz CT molecular complexity index is 575. The smallest absolute Gasteiger partial charge is 0.207 e. The average molecular weight is 336 g/mol. The predicted molar refractivity (Wildman–Crippen MR) is 82.8 cm³/mol. The molecule has 0 spiro atoms. The maximum atomic E-state index is 12.7. The molecule has 3 nitrogen and oxygen atoms in total. The van der Waals surface area contributed by atoms with E-state index in [9.17, 15) is 8.42 Å². The van der Waals surface area contributed by atoms with Gasteiger partial charge in [-0.15, -0.1) is 11.6 Å². The van der Waals surface area contributed by atoms with Crippen LogP contribution in [0.5, 0.6) is 0 Å². The van der Waals surface area contributed by atoms with Crippen LogP contribution >= 0.6 is 23.2 Å². The lowest BCUT2D eigenvalue weighted by atomic mass is 10.0. The molecule has 0 aliphatic carbocycles. The van der Waals surface area contributed by atoms with Crippen LogP contribution in [0.15, 0.2) is 23.1 Å². The van der Waals surface area contributed by atoms with Gasteiger partial charge in [0, 0.05) is 24.0 Å². The summed E-state index contributed by atoms with van der Waals surface area (Å²) in [6.07, 6.45) is 2.91. The van der Waals surface area contributed by atoms with Gasteiger partial charge in [0.25, 0.3) is 0 Å². The maximum Gasteiger partial charge on any atom is 0.243 e. The topological polar surface area (TPSA) is 37.4 Å². The lowest BCUT2D eigenvalue weighted by molar-refractivity contribution is 0.416. The Morgan fingerprint density at radius 1 is 1.30 bits per heavy atom. The van der Waals surface area contributed by atoms with Gasteiger partial charge in [0.15, 0.2) is 0 Å². The van der Waals surface area contributed by atoms with Crippen LogP contribution in [0, 0.1) is 5.92 Å². The van der Waals surface area contributed by atoms with Crippen molar-refractivity contribution in [3.05, 3.63) is 28.8 Å². The first-order valence-corrected chi connectivity index (χ1v) is 9.15. The van der Waals surface area contributed by atoms with E-state index >= 15 is 0 Å². The third kappa shape index (κ3) is 3.48. The normalized spacial score (nSPS) is 21.6. The van der Waals surface area contributed by atoms with Gasteiger partial charge in [-0.25, -0.2) is 8.42 Å². The van der Waals surface area contributed by atoms with Crippen LogP contribution in [0.2, 0.25) is 5.02 Å². The number of benzene rings is 1. The minimum Gasteiger partial charge on any atom is -0.207 e. The summed E-state index contributed by atoms with van der Waals surface area (Å²) in [5, 5.41) is 0.503. The Balaban J connectivity index is 2.29. The molecule has 1 heterocycles. The van der Waals surface area contributed by atoms with Gasteiger partial charge >= 0.3 is 0 Å². The van der Waals surface area contributed by atoms with Crippen molar-refractivity contribution in [1.29, 1.82) is 0 Å². The van der Waals surface area contributed by atoms with Crippen LogP contribution in [0.1, 0.15) is 31.7 Å². The second kappa shape index (κ2) is 6.65. The summed E-state index contributed by atoms with van der Waals surface area (Å²) in [6.45, 7) is 3.35. The SMILES string of the molecule is CC1CCCN(S(=O)(=O)c2ccc(Cl)c(CCl)c2)CC1. The zero-order valence-corrected chi connectivity index (χ0v) is 13.8. The molecule has 6 heteroatoms. The van der Waals surface area contributed by atoms with Crippen molar-refractivity contribution in [1.82, 2.24) is 4.31 Å². The van der Waals surface area contributed by atoms with Crippen molar-refractivity contribution >= 4 is 33.2 Å². The van der Waals surface area contributed by atoms with Crippen LogP contribution < -0.4 is 0 Å². The van der Waals surface area contributed by atoms with Gasteiger partial charge in [-0.1, -0.05) is 18.5 Å². The van der Waals surface area contributed by atoms with Gasteiger partial charge < -0.3 is 0 Å². The van der Waals surface area contributed by atoms with Crippen LogP contribution in [-0.2, 0) is 15.9 Å². The number of hydrogen-bond acceptors (Lipinski definition) is 2. The van der Waals surface area contributed by atoms with Crippen LogP contribution in [0.25, 0.3) is 0 Å². The molecule has 1 saturated heterocycles. The monoisotopic (exact) mass is 335 g/mol. The third-order valence-corrected chi connectivity index (χ3v) is 6.33. The number of rotatable bonds is 3. The van der Waals surface area contributed by atoms with Crippen molar-refractivity contribution in [2.24, 2.45) is 5.92 Å². The van der Waals surface area contributed by atoms with E-state index in [1.807, 2.05) is 0 Å². The molecule has 1 fully saturated rings. The van der Waals surface area contributed by atoms with Crippen molar-refractivity contribution in [2.75, 3.05) is 13.1 Å². The molecular weight excluding hydrogens is 317 g/mol. The van der Waals surface area contributed by atoms with Gasteiger partial charge in [0.05, 0.1) is 4.90 Å². The number of sulfonamides is 1. The molecule has 112 valence electrons. The minimum absolute atomic E-state index is 0.208. The van der Waals surface area contributed by atoms with Gasteiger partial charge in [0.1, 0.15) is 0 Å². The van der Waals surface area contributed by atoms with Gasteiger partial charge in [-0.2, -0.15) is 4.31 Å². The van der Waals surface area contributed by atoms with Crippen LogP contribution in [0.4, 0.5) is 0 Å². The molecule has 1 aromatic rings. The Kier molecular flexibility index (Phi) is 5.35. The van der Waals surface area contributed by atoms with E-state index in [1.54, 1.807) is 22.5 Å². The standard InChI is InChI=1S/C14H19Cl2NO2S/c1-11-3-2-7-17(8-6-11)20(18,19)13-4-5-14(16)12(9-13)10-15/h4-5,9,11H,2-3,6-8,10H2,1H3. The Hall–Kier alpha value is -0.290. The maximum absolute atomic E-state index is 12.7. The Morgan fingerprint density at radius 3 is 2.75 bits per heavy atom. The first kappa shape index (κ1) is 16.1. The van der Waals surface area contributed by atoms with E-state index in [4.69, 9.17) is 23.2 Å². The van der Waals surface area contributed by atoms with E-state index in [1.165, 1.54) is 0 Å². The largest absolute Gasteiger partial charge is 0.243 e. The molecule has 0 amide bonds. The highest BCUT2D eigenvalue weighted by atomic mass is 35.5. The molecule has 0 aromatic heterocycles. The Morgan fingerprint density at radius 2 is 2.05 bits per heavy atom. The number of alkyl halides is 1. The summed E-state index contributed by atoms with van der Waals surface area (Å²) < 4.78 is 26.9. The zero-order chi connectivity index (χ0) is 14.8. The number of hydrogen-bond donors (Lipinski definition) is 0. The molecule has 0 N–H and O–H groups in total. The van der Waals surface area contributed by atoms with Crippen molar-refractivity contribution in [3.63, 3.8) is 0 Å². The quantitative estimate of drug-likeness (QED) is 0.786.